The van der Waals surface area contributed by atoms with Crippen LogP contribution in [0.1, 0.15) is 11.1 Å². The molecule has 2 aromatic rings. The van der Waals surface area contributed by atoms with Crippen molar-refractivity contribution in [2.24, 2.45) is 0 Å². The minimum Gasteiger partial charge on any atom is -0.307 e. The van der Waals surface area contributed by atoms with E-state index in [1.54, 1.807) is 30.5 Å². The first-order valence-electron chi connectivity index (χ1n) is 5.92. The Balaban J connectivity index is 2.06. The zero-order valence-electron chi connectivity index (χ0n) is 10.7. The molecule has 0 aliphatic heterocycles. The van der Waals surface area contributed by atoms with Crippen LogP contribution >= 0.6 is 23.2 Å². The van der Waals surface area contributed by atoms with E-state index in [0.717, 1.165) is 11.1 Å². The third kappa shape index (κ3) is 3.83. The van der Waals surface area contributed by atoms with Gasteiger partial charge in [-0.05, 0) is 42.3 Å². The summed E-state index contributed by atoms with van der Waals surface area (Å²) < 4.78 is 0. The molecule has 0 spiro atoms. The van der Waals surface area contributed by atoms with Crippen LogP contribution in [0.4, 0.5) is 5.82 Å². The van der Waals surface area contributed by atoms with Crippen molar-refractivity contribution >= 4 is 41.0 Å². The fraction of sp³-hybridized carbons (Fsp3) is 0.0667. The molecule has 0 radical (unpaired) electrons. The Bertz CT molecular complexity index is 669. The highest BCUT2D eigenvalue weighted by Gasteiger charge is 2.02. The number of nitrogens with one attached hydrogen (secondary N) is 1. The smallest absolute Gasteiger partial charge is 0.249 e. The van der Waals surface area contributed by atoms with Crippen LogP contribution in [-0.4, -0.2) is 10.9 Å². The lowest BCUT2D eigenvalue weighted by molar-refractivity contribution is -0.111. The maximum Gasteiger partial charge on any atom is 0.249 e. The van der Waals surface area contributed by atoms with E-state index in [0.29, 0.717) is 15.9 Å². The van der Waals surface area contributed by atoms with Gasteiger partial charge in [-0.2, -0.15) is 0 Å². The van der Waals surface area contributed by atoms with Crippen LogP contribution in [-0.2, 0) is 4.79 Å². The molecule has 1 heterocycles. The summed E-state index contributed by atoms with van der Waals surface area (Å²) in [5.74, 6) is 0.300. The Kier molecular flexibility index (Phi) is 4.77. The minimum atomic E-state index is -0.252. The molecule has 0 aliphatic rings. The molecule has 0 saturated heterocycles. The highest BCUT2D eigenvalue weighted by Crippen LogP contribution is 2.23. The first-order valence-corrected chi connectivity index (χ1v) is 6.67. The largest absolute Gasteiger partial charge is 0.307 e. The van der Waals surface area contributed by atoms with Crippen molar-refractivity contribution in [3.05, 3.63) is 63.8 Å². The quantitative estimate of drug-likeness (QED) is 0.857. The van der Waals surface area contributed by atoms with Crippen LogP contribution in [0.2, 0.25) is 10.0 Å². The normalized spacial score (nSPS) is 10.8. The summed E-state index contributed by atoms with van der Waals surface area (Å²) in [4.78, 5) is 15.9. The van der Waals surface area contributed by atoms with Crippen molar-refractivity contribution in [1.29, 1.82) is 0 Å². The number of nitrogens with zero attached hydrogens (tertiary/aromatic N) is 1. The van der Waals surface area contributed by atoms with Gasteiger partial charge in [-0.15, -0.1) is 0 Å². The number of hydrogen-bond donors (Lipinski definition) is 1. The number of halogens is 2. The molecule has 2 rings (SSSR count). The van der Waals surface area contributed by atoms with Gasteiger partial charge in [0.25, 0.3) is 0 Å². The van der Waals surface area contributed by atoms with Crippen LogP contribution in [0.25, 0.3) is 6.08 Å². The number of rotatable bonds is 3. The highest BCUT2D eigenvalue weighted by atomic mass is 35.5. The van der Waals surface area contributed by atoms with Crippen molar-refractivity contribution < 1.29 is 4.79 Å². The number of amides is 1. The fourth-order valence-corrected chi connectivity index (χ4v) is 1.87. The maximum atomic E-state index is 11.8. The van der Waals surface area contributed by atoms with Gasteiger partial charge in [0.15, 0.2) is 0 Å². The number of carbonyl (C=O) groups excluding carboxylic acids is 1. The molecule has 1 N–H and O–H groups in total. The monoisotopic (exact) mass is 306 g/mol. The van der Waals surface area contributed by atoms with Crippen LogP contribution < -0.4 is 5.32 Å². The lowest BCUT2D eigenvalue weighted by Gasteiger charge is -2.04. The van der Waals surface area contributed by atoms with Gasteiger partial charge >= 0.3 is 0 Å². The summed E-state index contributed by atoms with van der Waals surface area (Å²) in [6.45, 7) is 1.88. The third-order valence-electron chi connectivity index (χ3n) is 2.62. The van der Waals surface area contributed by atoms with Crippen molar-refractivity contribution in [3.63, 3.8) is 0 Å². The van der Waals surface area contributed by atoms with Crippen LogP contribution in [0.15, 0.2) is 42.6 Å². The van der Waals surface area contributed by atoms with Gasteiger partial charge in [-0.1, -0.05) is 35.3 Å². The van der Waals surface area contributed by atoms with Gasteiger partial charge in [0.2, 0.25) is 5.91 Å². The highest BCUT2D eigenvalue weighted by molar-refractivity contribution is 6.42. The van der Waals surface area contributed by atoms with E-state index in [1.807, 2.05) is 19.1 Å². The number of carbonyl (C=O) groups is 1. The second-order valence-electron chi connectivity index (χ2n) is 4.17. The van der Waals surface area contributed by atoms with E-state index in [2.05, 4.69) is 10.3 Å². The molecular weight excluding hydrogens is 295 g/mol. The summed E-state index contributed by atoms with van der Waals surface area (Å²) in [6, 6.07) is 8.86. The zero-order chi connectivity index (χ0) is 14.5. The predicted octanol–water partition coefficient (Wildman–Crippen LogP) is 4.35. The molecule has 0 fully saturated rings. The second kappa shape index (κ2) is 6.55. The van der Waals surface area contributed by atoms with Gasteiger partial charge in [0, 0.05) is 12.3 Å². The Hall–Kier alpha value is -1.84. The molecule has 0 saturated carbocycles. The lowest BCUT2D eigenvalue weighted by atomic mass is 10.2. The van der Waals surface area contributed by atoms with Crippen LogP contribution in [0.5, 0.6) is 0 Å². The molecule has 102 valence electrons. The van der Waals surface area contributed by atoms with E-state index in [1.165, 1.54) is 6.08 Å². The molecule has 0 atom stereocenters. The van der Waals surface area contributed by atoms with Gasteiger partial charge in [0.05, 0.1) is 10.0 Å². The number of aryl methyl sites for hydroxylation is 1. The van der Waals surface area contributed by atoms with E-state index in [-0.39, 0.29) is 5.91 Å². The zero-order valence-corrected chi connectivity index (χ0v) is 12.2. The Morgan fingerprint density at radius 2 is 2.05 bits per heavy atom. The number of anilines is 1. The van der Waals surface area contributed by atoms with E-state index in [4.69, 9.17) is 23.2 Å². The minimum absolute atomic E-state index is 0.252. The molecule has 3 nitrogen and oxygen atoms in total. The average Bonchev–Trinajstić information content (AvgIpc) is 2.43. The second-order valence-corrected chi connectivity index (χ2v) is 4.98. The fourth-order valence-electron chi connectivity index (χ4n) is 1.56. The topological polar surface area (TPSA) is 42.0 Å². The van der Waals surface area contributed by atoms with Crippen LogP contribution in [0, 0.1) is 6.92 Å². The molecule has 1 amide bonds. The van der Waals surface area contributed by atoms with E-state index < -0.39 is 0 Å². The first-order chi connectivity index (χ1) is 9.56. The Morgan fingerprint density at radius 1 is 1.25 bits per heavy atom. The number of hydrogen-bond acceptors (Lipinski definition) is 2. The number of pyridine rings is 1. The van der Waals surface area contributed by atoms with Crippen molar-refractivity contribution in [1.82, 2.24) is 4.98 Å². The predicted molar refractivity (Wildman–Crippen MR) is 83.1 cm³/mol. The molecule has 0 unspecified atom stereocenters. The van der Waals surface area contributed by atoms with Gasteiger partial charge in [0.1, 0.15) is 5.82 Å². The van der Waals surface area contributed by atoms with Crippen molar-refractivity contribution in [2.45, 2.75) is 6.92 Å². The van der Waals surface area contributed by atoms with Gasteiger partial charge in [-0.3, -0.25) is 4.79 Å². The molecule has 0 bridgehead atoms. The summed E-state index contributed by atoms with van der Waals surface area (Å²) in [5, 5.41) is 3.65. The van der Waals surface area contributed by atoms with E-state index in [9.17, 15) is 4.79 Å². The molecule has 0 aliphatic carbocycles. The Morgan fingerprint density at radius 3 is 2.75 bits per heavy atom. The first kappa shape index (κ1) is 14.6. The van der Waals surface area contributed by atoms with Crippen molar-refractivity contribution in [2.75, 3.05) is 5.32 Å². The third-order valence-corrected chi connectivity index (χ3v) is 3.36. The molecular formula is C15H12Cl2N2O. The molecule has 5 heteroatoms. The summed E-state index contributed by atoms with van der Waals surface area (Å²) in [6.07, 6.45) is 4.72. The molecule has 1 aromatic heterocycles. The average molecular weight is 307 g/mol. The maximum absolute atomic E-state index is 11.8. The standard InChI is InChI=1S/C15H12Cl2N2O/c1-10-3-2-8-18-15(10)19-14(20)7-5-11-4-6-12(16)13(17)9-11/h2-9H,1H3,(H,18,19,20)/b7-5+. The SMILES string of the molecule is Cc1cccnc1NC(=O)/C=C/c1ccc(Cl)c(Cl)c1. The lowest BCUT2D eigenvalue weighted by Crippen LogP contribution is -2.10. The van der Waals surface area contributed by atoms with Gasteiger partial charge < -0.3 is 5.32 Å². The van der Waals surface area contributed by atoms with Gasteiger partial charge in [-0.25, -0.2) is 4.98 Å². The molecule has 20 heavy (non-hydrogen) atoms. The Labute approximate surface area is 127 Å². The summed E-state index contributed by atoms with van der Waals surface area (Å²) in [5.41, 5.74) is 1.70. The molecule has 1 aromatic carbocycles. The number of benzene rings is 1. The van der Waals surface area contributed by atoms with Crippen molar-refractivity contribution in [3.8, 4) is 0 Å². The summed E-state index contributed by atoms with van der Waals surface area (Å²) in [7, 11) is 0. The summed E-state index contributed by atoms with van der Waals surface area (Å²) >= 11 is 11.7. The van der Waals surface area contributed by atoms with Crippen LogP contribution in [0.3, 0.4) is 0 Å². The number of aromatic nitrogens is 1. The van der Waals surface area contributed by atoms with E-state index >= 15 is 0 Å².